The fourth-order valence-corrected chi connectivity index (χ4v) is 3.09. The minimum atomic E-state index is -0.591. The number of hydrogen-bond donors (Lipinski definition) is 1. The van der Waals surface area contributed by atoms with Crippen molar-refractivity contribution in [3.05, 3.63) is 69.8 Å². The van der Waals surface area contributed by atoms with Crippen LogP contribution in [-0.4, -0.2) is 48.1 Å². The largest absolute Gasteiger partial charge is 0.378 e. The van der Waals surface area contributed by atoms with Gasteiger partial charge in [0.1, 0.15) is 11.7 Å². The van der Waals surface area contributed by atoms with E-state index in [1.54, 1.807) is 30.2 Å². The molecule has 0 bridgehead atoms. The molecule has 1 aliphatic rings. The van der Waals surface area contributed by atoms with Crippen molar-refractivity contribution in [3.63, 3.8) is 0 Å². The van der Waals surface area contributed by atoms with Gasteiger partial charge in [-0.25, -0.2) is 0 Å². The van der Waals surface area contributed by atoms with Crippen LogP contribution in [0.5, 0.6) is 0 Å². The summed E-state index contributed by atoms with van der Waals surface area (Å²) in [6.07, 6.45) is 0.499. The summed E-state index contributed by atoms with van der Waals surface area (Å²) in [6.45, 7) is 3.08. The Kier molecular flexibility index (Phi) is 5.71. The maximum absolute atomic E-state index is 13.0. The summed E-state index contributed by atoms with van der Waals surface area (Å²) in [5.41, 5.74) is 2.43. The van der Waals surface area contributed by atoms with Gasteiger partial charge < -0.3 is 15.0 Å². The van der Waals surface area contributed by atoms with Crippen LogP contribution in [0.3, 0.4) is 0 Å². The molecule has 1 atom stereocenters. The SMILES string of the molecule is COC1CN(C(=O)[C@H](Cc2ccc(C)cc2)Nc2ccccc2[N+](=O)[O-])C1. The summed E-state index contributed by atoms with van der Waals surface area (Å²) in [5.74, 6) is -0.0815. The summed E-state index contributed by atoms with van der Waals surface area (Å²) >= 11 is 0. The van der Waals surface area contributed by atoms with E-state index in [0.717, 1.165) is 11.1 Å². The molecule has 3 rings (SSSR count). The zero-order chi connectivity index (χ0) is 19.4. The number of likely N-dealkylation sites (tertiary alicyclic amines) is 1. The van der Waals surface area contributed by atoms with Gasteiger partial charge in [-0.3, -0.25) is 14.9 Å². The number of nitrogens with zero attached hydrogens (tertiary/aromatic N) is 2. The second-order valence-electron chi connectivity index (χ2n) is 6.76. The Morgan fingerprint density at radius 1 is 1.26 bits per heavy atom. The molecule has 142 valence electrons. The van der Waals surface area contributed by atoms with E-state index in [1.165, 1.54) is 6.07 Å². The molecule has 7 nitrogen and oxygen atoms in total. The Hall–Kier alpha value is -2.93. The van der Waals surface area contributed by atoms with Crippen molar-refractivity contribution in [3.8, 4) is 0 Å². The predicted octanol–water partition coefficient (Wildman–Crippen LogP) is 2.78. The second-order valence-corrected chi connectivity index (χ2v) is 6.76. The molecule has 1 fully saturated rings. The van der Waals surface area contributed by atoms with Gasteiger partial charge in [-0.2, -0.15) is 0 Å². The van der Waals surface area contributed by atoms with E-state index in [-0.39, 0.29) is 17.7 Å². The molecule has 0 unspecified atom stereocenters. The van der Waals surface area contributed by atoms with Crippen LogP contribution in [0.25, 0.3) is 0 Å². The molecule has 0 aromatic heterocycles. The van der Waals surface area contributed by atoms with E-state index in [1.807, 2.05) is 31.2 Å². The van der Waals surface area contributed by atoms with Gasteiger partial charge in [-0.1, -0.05) is 42.0 Å². The summed E-state index contributed by atoms with van der Waals surface area (Å²) in [7, 11) is 1.63. The fourth-order valence-electron chi connectivity index (χ4n) is 3.09. The van der Waals surface area contributed by atoms with Crippen molar-refractivity contribution in [2.75, 3.05) is 25.5 Å². The summed E-state index contributed by atoms with van der Waals surface area (Å²) in [6, 6.07) is 13.7. The molecule has 0 aliphatic carbocycles. The van der Waals surface area contributed by atoms with Crippen LogP contribution in [0, 0.1) is 17.0 Å². The first-order valence-electron chi connectivity index (χ1n) is 8.85. The number of carbonyl (C=O) groups excluding carboxylic acids is 1. The molecule has 1 N–H and O–H groups in total. The minimum absolute atomic E-state index is 0.0439. The third-order valence-electron chi connectivity index (χ3n) is 4.78. The van der Waals surface area contributed by atoms with Crippen LogP contribution in [-0.2, 0) is 16.0 Å². The monoisotopic (exact) mass is 369 g/mol. The van der Waals surface area contributed by atoms with Crippen LogP contribution in [0.1, 0.15) is 11.1 Å². The number of carbonyl (C=O) groups is 1. The highest BCUT2D eigenvalue weighted by Gasteiger charge is 2.35. The van der Waals surface area contributed by atoms with Crippen molar-refractivity contribution in [1.82, 2.24) is 4.90 Å². The second kappa shape index (κ2) is 8.18. The molecular formula is C20H23N3O4. The van der Waals surface area contributed by atoms with Crippen molar-refractivity contribution in [2.24, 2.45) is 0 Å². The molecule has 2 aromatic rings. The molecule has 1 heterocycles. The Morgan fingerprint density at radius 2 is 1.93 bits per heavy atom. The smallest absolute Gasteiger partial charge is 0.292 e. The van der Waals surface area contributed by atoms with Crippen LogP contribution in [0.15, 0.2) is 48.5 Å². The van der Waals surface area contributed by atoms with E-state index in [0.29, 0.717) is 25.2 Å². The van der Waals surface area contributed by atoms with Gasteiger partial charge in [0.05, 0.1) is 11.0 Å². The molecule has 1 amide bonds. The van der Waals surface area contributed by atoms with E-state index < -0.39 is 11.0 Å². The highest BCUT2D eigenvalue weighted by molar-refractivity contribution is 5.86. The summed E-state index contributed by atoms with van der Waals surface area (Å²) < 4.78 is 5.24. The van der Waals surface area contributed by atoms with Gasteiger partial charge in [0.2, 0.25) is 5.91 Å². The molecule has 1 saturated heterocycles. The number of benzene rings is 2. The van der Waals surface area contributed by atoms with E-state index in [4.69, 9.17) is 4.74 Å². The lowest BCUT2D eigenvalue weighted by Gasteiger charge is -2.40. The number of methoxy groups -OCH3 is 1. The standard InChI is InChI=1S/C20H23N3O4/c1-14-7-9-15(10-8-14)11-18(20(24)22-12-16(13-22)27-2)21-17-5-3-4-6-19(17)23(25)26/h3-10,16,18,21H,11-13H2,1-2H3/t18-/m0/s1. The fraction of sp³-hybridized carbons (Fsp3) is 0.350. The Morgan fingerprint density at radius 3 is 2.56 bits per heavy atom. The first kappa shape index (κ1) is 18.8. The average Bonchev–Trinajstić information content (AvgIpc) is 2.62. The van der Waals surface area contributed by atoms with Gasteiger partial charge in [0, 0.05) is 32.7 Å². The van der Waals surface area contributed by atoms with E-state index in [9.17, 15) is 14.9 Å². The first-order valence-corrected chi connectivity index (χ1v) is 8.85. The van der Waals surface area contributed by atoms with Gasteiger partial charge in [-0.05, 0) is 18.6 Å². The average molecular weight is 369 g/mol. The number of amides is 1. The zero-order valence-corrected chi connectivity index (χ0v) is 15.4. The van der Waals surface area contributed by atoms with Gasteiger partial charge in [-0.15, -0.1) is 0 Å². The topological polar surface area (TPSA) is 84.7 Å². The van der Waals surface area contributed by atoms with Gasteiger partial charge in [0.25, 0.3) is 5.69 Å². The van der Waals surface area contributed by atoms with E-state index in [2.05, 4.69) is 5.32 Å². The number of aryl methyl sites for hydroxylation is 1. The molecular weight excluding hydrogens is 346 g/mol. The Labute approximate surface area is 158 Å². The number of anilines is 1. The van der Waals surface area contributed by atoms with Crippen LogP contribution in [0.4, 0.5) is 11.4 Å². The predicted molar refractivity (Wildman–Crippen MR) is 103 cm³/mol. The quantitative estimate of drug-likeness (QED) is 0.599. The van der Waals surface area contributed by atoms with E-state index >= 15 is 0 Å². The van der Waals surface area contributed by atoms with Gasteiger partial charge >= 0.3 is 0 Å². The molecule has 2 aromatic carbocycles. The number of para-hydroxylation sites is 2. The number of ether oxygens (including phenoxy) is 1. The highest BCUT2D eigenvalue weighted by atomic mass is 16.6. The third-order valence-corrected chi connectivity index (χ3v) is 4.78. The number of nitro benzene ring substituents is 1. The number of hydrogen-bond acceptors (Lipinski definition) is 5. The molecule has 0 radical (unpaired) electrons. The van der Waals surface area contributed by atoms with Crippen molar-refractivity contribution in [2.45, 2.75) is 25.5 Å². The minimum Gasteiger partial charge on any atom is -0.378 e. The Bertz CT molecular complexity index is 816. The molecule has 0 spiro atoms. The van der Waals surface area contributed by atoms with Crippen molar-refractivity contribution in [1.29, 1.82) is 0 Å². The lowest BCUT2D eigenvalue weighted by Crippen LogP contribution is -2.58. The number of nitro groups is 1. The normalized spacial score (nSPS) is 15.1. The maximum Gasteiger partial charge on any atom is 0.292 e. The summed E-state index contributed by atoms with van der Waals surface area (Å²) in [5, 5.41) is 14.4. The van der Waals surface area contributed by atoms with Crippen molar-refractivity contribution < 1.29 is 14.5 Å². The third kappa shape index (κ3) is 4.43. The molecule has 1 aliphatic heterocycles. The van der Waals surface area contributed by atoms with Crippen LogP contribution >= 0.6 is 0 Å². The number of rotatable bonds is 7. The lowest BCUT2D eigenvalue weighted by atomic mass is 10.0. The van der Waals surface area contributed by atoms with Gasteiger partial charge in [0.15, 0.2) is 0 Å². The Balaban J connectivity index is 1.82. The van der Waals surface area contributed by atoms with Crippen LogP contribution in [0.2, 0.25) is 0 Å². The zero-order valence-electron chi connectivity index (χ0n) is 15.4. The van der Waals surface area contributed by atoms with Crippen molar-refractivity contribution >= 4 is 17.3 Å². The first-order chi connectivity index (χ1) is 13.0. The molecule has 27 heavy (non-hydrogen) atoms. The number of nitrogens with one attached hydrogen (secondary N) is 1. The highest BCUT2D eigenvalue weighted by Crippen LogP contribution is 2.26. The van der Waals surface area contributed by atoms with Crippen LogP contribution < -0.4 is 5.32 Å². The lowest BCUT2D eigenvalue weighted by molar-refractivity contribution is -0.384. The molecule has 0 saturated carbocycles. The summed E-state index contributed by atoms with van der Waals surface area (Å²) in [4.78, 5) is 25.6. The maximum atomic E-state index is 13.0. The molecule has 7 heteroatoms.